The van der Waals surface area contributed by atoms with Crippen LogP contribution >= 0.6 is 0 Å². The van der Waals surface area contributed by atoms with E-state index in [9.17, 15) is 4.79 Å². The lowest BCUT2D eigenvalue weighted by Crippen LogP contribution is -2.40. The monoisotopic (exact) mass is 409 g/mol. The lowest BCUT2D eigenvalue weighted by molar-refractivity contribution is -0.159. The first kappa shape index (κ1) is 22.5. The van der Waals surface area contributed by atoms with Gasteiger partial charge in [-0.1, -0.05) is 60.7 Å². The van der Waals surface area contributed by atoms with E-state index >= 15 is 0 Å². The highest BCUT2D eigenvalue weighted by molar-refractivity contribution is 5.81. The van der Waals surface area contributed by atoms with Crippen molar-refractivity contribution in [1.82, 2.24) is 4.90 Å². The number of ether oxygens (including phenoxy) is 2. The molecule has 0 saturated heterocycles. The molecule has 4 nitrogen and oxygen atoms in total. The zero-order valence-corrected chi connectivity index (χ0v) is 18.7. The van der Waals surface area contributed by atoms with E-state index in [2.05, 4.69) is 32.6 Å². The molecular weight excluding hydrogens is 374 g/mol. The second kappa shape index (κ2) is 10.2. The van der Waals surface area contributed by atoms with E-state index < -0.39 is 5.41 Å². The molecule has 1 fully saturated rings. The molecule has 0 heterocycles. The van der Waals surface area contributed by atoms with Gasteiger partial charge in [-0.3, -0.25) is 9.69 Å². The number of nitrogens with zero attached hydrogens (tertiary/aromatic N) is 1. The molecule has 4 heteroatoms. The Morgan fingerprint density at radius 1 is 0.933 bits per heavy atom. The molecular formula is C26H35NO3. The highest BCUT2D eigenvalue weighted by atomic mass is 16.5. The van der Waals surface area contributed by atoms with E-state index in [-0.39, 0.29) is 12.1 Å². The van der Waals surface area contributed by atoms with Crippen LogP contribution in [0.2, 0.25) is 0 Å². The van der Waals surface area contributed by atoms with Gasteiger partial charge in [0.2, 0.25) is 0 Å². The molecule has 0 bridgehead atoms. The average molecular weight is 410 g/mol. The molecule has 162 valence electrons. The van der Waals surface area contributed by atoms with Gasteiger partial charge >= 0.3 is 5.97 Å². The molecule has 2 aromatic carbocycles. The maximum atomic E-state index is 13.2. The van der Waals surface area contributed by atoms with Gasteiger partial charge in [0, 0.05) is 18.6 Å². The number of hydrogen-bond acceptors (Lipinski definition) is 4. The molecule has 1 atom stereocenters. The lowest BCUT2D eigenvalue weighted by Gasteiger charge is -2.31. The number of carbonyl (C=O) groups is 1. The first-order valence-corrected chi connectivity index (χ1v) is 11.1. The maximum Gasteiger partial charge on any atom is 0.315 e. The van der Waals surface area contributed by atoms with Gasteiger partial charge in [0.05, 0.1) is 18.1 Å². The van der Waals surface area contributed by atoms with Crippen LogP contribution in [0.25, 0.3) is 0 Å². The molecule has 0 aromatic heterocycles. The molecule has 0 aliphatic heterocycles. The Kier molecular flexibility index (Phi) is 7.68. The van der Waals surface area contributed by atoms with Gasteiger partial charge in [-0.25, -0.2) is 0 Å². The third kappa shape index (κ3) is 5.50. The molecule has 0 spiro atoms. The summed E-state index contributed by atoms with van der Waals surface area (Å²) in [7, 11) is 0. The summed E-state index contributed by atoms with van der Waals surface area (Å²) in [6, 6.07) is 21.0. The third-order valence-corrected chi connectivity index (χ3v) is 5.97. The van der Waals surface area contributed by atoms with Gasteiger partial charge in [-0.2, -0.15) is 0 Å². The van der Waals surface area contributed by atoms with E-state index in [0.717, 1.165) is 30.5 Å². The molecule has 0 radical (unpaired) electrons. The predicted molar refractivity (Wildman–Crippen MR) is 120 cm³/mol. The van der Waals surface area contributed by atoms with Crippen LogP contribution in [0.3, 0.4) is 0 Å². The van der Waals surface area contributed by atoms with E-state index in [1.807, 2.05) is 60.7 Å². The Balaban J connectivity index is 1.68. The van der Waals surface area contributed by atoms with Gasteiger partial charge in [0.25, 0.3) is 0 Å². The largest absolute Gasteiger partial charge is 0.464 e. The molecule has 1 aliphatic rings. The van der Waals surface area contributed by atoms with Gasteiger partial charge in [0.15, 0.2) is 0 Å². The van der Waals surface area contributed by atoms with Gasteiger partial charge in [0.1, 0.15) is 6.61 Å². The Morgan fingerprint density at radius 3 is 2.03 bits per heavy atom. The van der Waals surface area contributed by atoms with Gasteiger partial charge < -0.3 is 9.47 Å². The van der Waals surface area contributed by atoms with Crippen molar-refractivity contribution in [2.45, 2.75) is 65.3 Å². The minimum absolute atomic E-state index is 0.128. The van der Waals surface area contributed by atoms with Crippen LogP contribution < -0.4 is 0 Å². The van der Waals surface area contributed by atoms with Crippen LogP contribution in [0, 0.1) is 5.41 Å². The molecule has 30 heavy (non-hydrogen) atoms. The zero-order valence-electron chi connectivity index (χ0n) is 18.7. The summed E-state index contributed by atoms with van der Waals surface area (Å²) in [4.78, 5) is 15.5. The van der Waals surface area contributed by atoms with E-state index in [1.54, 1.807) is 0 Å². The van der Waals surface area contributed by atoms with Crippen molar-refractivity contribution in [3.05, 3.63) is 71.8 Å². The Morgan fingerprint density at radius 2 is 1.50 bits per heavy atom. The molecule has 1 unspecified atom stereocenters. The van der Waals surface area contributed by atoms with Crippen molar-refractivity contribution in [2.24, 2.45) is 5.41 Å². The number of carbonyl (C=O) groups excluding carboxylic acids is 1. The van der Waals surface area contributed by atoms with Crippen molar-refractivity contribution < 1.29 is 14.3 Å². The summed E-state index contributed by atoms with van der Waals surface area (Å²) in [6.07, 6.45) is 1.31. The molecule has 1 saturated carbocycles. The number of rotatable bonds is 11. The van der Waals surface area contributed by atoms with Crippen LogP contribution in [-0.4, -0.2) is 36.1 Å². The summed E-state index contributed by atoms with van der Waals surface area (Å²) in [5.41, 5.74) is 1.57. The minimum atomic E-state index is -0.573. The number of benzene rings is 2. The second-order valence-corrected chi connectivity index (χ2v) is 8.80. The highest BCUT2D eigenvalue weighted by Gasteiger charge is 2.58. The van der Waals surface area contributed by atoms with Crippen LogP contribution in [-0.2, 0) is 20.9 Å². The summed E-state index contributed by atoms with van der Waals surface area (Å²) >= 11 is 0. The van der Waals surface area contributed by atoms with Crippen molar-refractivity contribution in [1.29, 1.82) is 0 Å². The number of esters is 1. The predicted octanol–water partition coefficient (Wildman–Crippen LogP) is 5.39. The van der Waals surface area contributed by atoms with Crippen LogP contribution in [0.4, 0.5) is 0 Å². The Bertz CT molecular complexity index is 776. The van der Waals surface area contributed by atoms with Crippen molar-refractivity contribution in [2.75, 3.05) is 13.2 Å². The second-order valence-electron chi connectivity index (χ2n) is 8.80. The zero-order chi connectivity index (χ0) is 21.6. The fourth-order valence-electron chi connectivity index (χ4n) is 4.16. The summed E-state index contributed by atoms with van der Waals surface area (Å²) in [6.45, 7) is 10.3. The van der Waals surface area contributed by atoms with Crippen molar-refractivity contribution in [3.63, 3.8) is 0 Å². The lowest BCUT2D eigenvalue weighted by atomic mass is 9.92. The fourth-order valence-corrected chi connectivity index (χ4v) is 4.16. The van der Waals surface area contributed by atoms with Crippen LogP contribution in [0.15, 0.2) is 60.7 Å². The fraction of sp³-hybridized carbons (Fsp3) is 0.500. The molecule has 3 rings (SSSR count). The smallest absolute Gasteiger partial charge is 0.315 e. The van der Waals surface area contributed by atoms with Crippen molar-refractivity contribution in [3.8, 4) is 0 Å². The van der Waals surface area contributed by atoms with Crippen LogP contribution in [0.5, 0.6) is 0 Å². The average Bonchev–Trinajstić information content (AvgIpc) is 3.54. The normalized spacial score (nSPS) is 16.1. The van der Waals surface area contributed by atoms with E-state index in [0.29, 0.717) is 25.3 Å². The highest BCUT2D eigenvalue weighted by Crippen LogP contribution is 2.57. The molecule has 0 amide bonds. The van der Waals surface area contributed by atoms with E-state index in [1.165, 1.54) is 0 Å². The molecule has 1 aliphatic carbocycles. The minimum Gasteiger partial charge on any atom is -0.464 e. The first-order chi connectivity index (χ1) is 14.4. The third-order valence-electron chi connectivity index (χ3n) is 5.97. The van der Waals surface area contributed by atoms with Crippen LogP contribution in [0.1, 0.15) is 57.8 Å². The first-order valence-electron chi connectivity index (χ1n) is 11.1. The quantitative estimate of drug-likeness (QED) is 0.467. The Hall–Kier alpha value is -2.17. The standard InChI is InChI=1S/C26H35NO3/c1-20(2)27(21(3)4)17-18-29-25(28)26(15-16-26)24(23-13-9-6-10-14-23)30-19-22-11-7-5-8-12-22/h5-14,20-21,24H,15-19H2,1-4H3. The topological polar surface area (TPSA) is 38.8 Å². The summed E-state index contributed by atoms with van der Waals surface area (Å²) in [5, 5.41) is 0. The van der Waals surface area contributed by atoms with Crippen molar-refractivity contribution >= 4 is 5.97 Å². The van der Waals surface area contributed by atoms with E-state index in [4.69, 9.17) is 9.47 Å². The van der Waals surface area contributed by atoms with Gasteiger partial charge in [-0.05, 0) is 51.7 Å². The number of hydrogen-bond donors (Lipinski definition) is 0. The maximum absolute atomic E-state index is 13.2. The summed E-state index contributed by atoms with van der Waals surface area (Å²) < 4.78 is 12.1. The SMILES string of the molecule is CC(C)N(CCOC(=O)C1(C(OCc2ccccc2)c2ccccc2)CC1)C(C)C. The molecule has 0 N–H and O–H groups in total. The Labute approximate surface area is 181 Å². The molecule has 2 aromatic rings. The summed E-state index contributed by atoms with van der Waals surface area (Å²) in [5.74, 6) is -0.128. The van der Waals surface area contributed by atoms with Gasteiger partial charge in [-0.15, -0.1) is 0 Å².